The number of rotatable bonds is 6. The smallest absolute Gasteiger partial charge is 0.120 e. The molecule has 4 rings (SSSR count). The standard InChI is InChI=1S/C25H27NO2.ClH/c1-26-17-16-25(24(18-26)21-10-6-3-7-11-21)28-23-14-12-22(13-15-23)27-19-20-8-4-2-5-9-20;/h2-15,24-25H,16-19H2,1H3;1H/t24-,25+;/m1./s1. The van der Waals surface area contributed by atoms with Crippen molar-refractivity contribution in [1.82, 2.24) is 4.90 Å². The van der Waals surface area contributed by atoms with E-state index in [2.05, 4.69) is 54.4 Å². The highest BCUT2D eigenvalue weighted by Crippen LogP contribution is 2.31. The summed E-state index contributed by atoms with van der Waals surface area (Å²) >= 11 is 0. The van der Waals surface area contributed by atoms with Gasteiger partial charge < -0.3 is 14.4 Å². The van der Waals surface area contributed by atoms with Gasteiger partial charge in [0.05, 0.1) is 0 Å². The van der Waals surface area contributed by atoms with Crippen molar-refractivity contribution >= 4 is 12.4 Å². The molecule has 0 spiro atoms. The molecule has 1 aliphatic heterocycles. The monoisotopic (exact) mass is 409 g/mol. The Morgan fingerprint density at radius 3 is 2.14 bits per heavy atom. The normalized spacial score (nSPS) is 19.2. The second-order valence-electron chi connectivity index (χ2n) is 7.47. The average Bonchev–Trinajstić information content (AvgIpc) is 2.76. The van der Waals surface area contributed by atoms with Crippen molar-refractivity contribution in [3.05, 3.63) is 96.1 Å². The fourth-order valence-electron chi connectivity index (χ4n) is 3.78. The van der Waals surface area contributed by atoms with Crippen LogP contribution in [0.1, 0.15) is 23.5 Å². The van der Waals surface area contributed by atoms with Crippen molar-refractivity contribution in [3.63, 3.8) is 0 Å². The molecule has 1 fully saturated rings. The first-order valence-electron chi connectivity index (χ1n) is 9.95. The Labute approximate surface area is 179 Å². The maximum atomic E-state index is 6.41. The molecular weight excluding hydrogens is 382 g/mol. The molecule has 0 saturated carbocycles. The number of piperidine rings is 1. The second kappa shape index (κ2) is 10.3. The molecule has 4 heteroatoms. The Bertz CT molecular complexity index is 855. The van der Waals surface area contributed by atoms with Crippen LogP contribution in [0.25, 0.3) is 0 Å². The zero-order valence-electron chi connectivity index (χ0n) is 16.7. The summed E-state index contributed by atoms with van der Waals surface area (Å²) in [4.78, 5) is 2.39. The van der Waals surface area contributed by atoms with Crippen LogP contribution in [-0.4, -0.2) is 31.1 Å². The summed E-state index contributed by atoms with van der Waals surface area (Å²) in [5, 5.41) is 0. The molecule has 0 aliphatic carbocycles. The van der Waals surface area contributed by atoms with Gasteiger partial charge in [-0.15, -0.1) is 12.4 Å². The quantitative estimate of drug-likeness (QED) is 0.532. The van der Waals surface area contributed by atoms with Crippen LogP contribution in [-0.2, 0) is 6.61 Å². The number of likely N-dealkylation sites (N-methyl/N-ethyl adjacent to an activating group) is 1. The summed E-state index contributed by atoms with van der Waals surface area (Å²) in [6.07, 6.45) is 1.22. The van der Waals surface area contributed by atoms with Gasteiger partial charge in [0.1, 0.15) is 24.2 Å². The summed E-state index contributed by atoms with van der Waals surface area (Å²) < 4.78 is 12.3. The van der Waals surface area contributed by atoms with Crippen LogP contribution in [0.3, 0.4) is 0 Å². The number of nitrogens with zero attached hydrogens (tertiary/aromatic N) is 1. The van der Waals surface area contributed by atoms with E-state index in [1.165, 1.54) is 11.1 Å². The summed E-state index contributed by atoms with van der Waals surface area (Å²) in [5.41, 5.74) is 2.52. The molecule has 0 N–H and O–H groups in total. The minimum Gasteiger partial charge on any atom is -0.490 e. The predicted molar refractivity (Wildman–Crippen MR) is 120 cm³/mol. The Morgan fingerprint density at radius 1 is 0.828 bits per heavy atom. The largest absolute Gasteiger partial charge is 0.490 e. The van der Waals surface area contributed by atoms with Gasteiger partial charge >= 0.3 is 0 Å². The van der Waals surface area contributed by atoms with E-state index in [1.807, 2.05) is 42.5 Å². The highest BCUT2D eigenvalue weighted by Gasteiger charge is 2.30. The van der Waals surface area contributed by atoms with Gasteiger partial charge in [0.15, 0.2) is 0 Å². The van der Waals surface area contributed by atoms with Gasteiger partial charge in [0.2, 0.25) is 0 Å². The molecule has 29 heavy (non-hydrogen) atoms. The molecule has 3 aromatic carbocycles. The van der Waals surface area contributed by atoms with E-state index >= 15 is 0 Å². The number of benzene rings is 3. The zero-order chi connectivity index (χ0) is 19.2. The van der Waals surface area contributed by atoms with Gasteiger partial charge in [-0.3, -0.25) is 0 Å². The van der Waals surface area contributed by atoms with E-state index < -0.39 is 0 Å². The van der Waals surface area contributed by atoms with Gasteiger partial charge in [-0.2, -0.15) is 0 Å². The van der Waals surface area contributed by atoms with Crippen LogP contribution in [0.2, 0.25) is 0 Å². The Morgan fingerprint density at radius 2 is 1.45 bits per heavy atom. The molecule has 152 valence electrons. The van der Waals surface area contributed by atoms with Gasteiger partial charge in [0.25, 0.3) is 0 Å². The highest BCUT2D eigenvalue weighted by atomic mass is 35.5. The molecule has 1 saturated heterocycles. The molecule has 0 aromatic heterocycles. The minimum absolute atomic E-state index is 0. The first kappa shape index (κ1) is 21.2. The van der Waals surface area contributed by atoms with Crippen molar-refractivity contribution in [3.8, 4) is 11.5 Å². The Hall–Kier alpha value is -2.49. The lowest BCUT2D eigenvalue weighted by atomic mass is 9.88. The first-order chi connectivity index (χ1) is 13.8. The third kappa shape index (κ3) is 5.75. The number of ether oxygens (including phenoxy) is 2. The zero-order valence-corrected chi connectivity index (χ0v) is 17.6. The summed E-state index contributed by atoms with van der Waals surface area (Å²) in [6.45, 7) is 2.66. The van der Waals surface area contributed by atoms with Crippen molar-refractivity contribution in [2.24, 2.45) is 0 Å². The van der Waals surface area contributed by atoms with E-state index in [9.17, 15) is 0 Å². The Balaban J connectivity index is 0.00000240. The molecule has 0 amide bonds. The molecule has 0 unspecified atom stereocenters. The number of hydrogen-bond donors (Lipinski definition) is 0. The van der Waals surface area contributed by atoms with E-state index in [4.69, 9.17) is 9.47 Å². The molecule has 3 nitrogen and oxygen atoms in total. The number of hydrogen-bond acceptors (Lipinski definition) is 3. The lowest BCUT2D eigenvalue weighted by Crippen LogP contribution is -2.42. The lowest BCUT2D eigenvalue weighted by Gasteiger charge is -2.37. The van der Waals surface area contributed by atoms with Crippen molar-refractivity contribution in [2.75, 3.05) is 20.1 Å². The van der Waals surface area contributed by atoms with Crippen LogP contribution in [0.4, 0.5) is 0 Å². The second-order valence-corrected chi connectivity index (χ2v) is 7.47. The van der Waals surface area contributed by atoms with Gasteiger partial charge in [-0.05, 0) is 48.9 Å². The van der Waals surface area contributed by atoms with Gasteiger partial charge in [0, 0.05) is 19.0 Å². The third-order valence-corrected chi connectivity index (χ3v) is 5.34. The van der Waals surface area contributed by atoms with Gasteiger partial charge in [-0.1, -0.05) is 60.7 Å². The van der Waals surface area contributed by atoms with Crippen molar-refractivity contribution in [2.45, 2.75) is 25.0 Å². The first-order valence-corrected chi connectivity index (χ1v) is 9.95. The van der Waals surface area contributed by atoms with Crippen molar-refractivity contribution < 1.29 is 9.47 Å². The van der Waals surface area contributed by atoms with Crippen LogP contribution in [0.5, 0.6) is 11.5 Å². The number of halogens is 1. The minimum atomic E-state index is 0. The van der Waals surface area contributed by atoms with Crippen LogP contribution in [0.15, 0.2) is 84.9 Å². The molecule has 3 aromatic rings. The van der Waals surface area contributed by atoms with Crippen molar-refractivity contribution in [1.29, 1.82) is 0 Å². The van der Waals surface area contributed by atoms with Crippen LogP contribution < -0.4 is 9.47 Å². The fourth-order valence-corrected chi connectivity index (χ4v) is 3.78. The Kier molecular flexibility index (Phi) is 7.56. The lowest BCUT2D eigenvalue weighted by molar-refractivity contribution is 0.0901. The van der Waals surface area contributed by atoms with E-state index in [-0.39, 0.29) is 18.5 Å². The molecule has 0 radical (unpaired) electrons. The fraction of sp³-hybridized carbons (Fsp3) is 0.280. The SMILES string of the molecule is CN1CC[C@H](Oc2ccc(OCc3ccccc3)cc2)[C@@H](c2ccccc2)C1.Cl. The molecular formula is C25H28ClNO2. The van der Waals surface area contributed by atoms with E-state index in [1.54, 1.807) is 0 Å². The third-order valence-electron chi connectivity index (χ3n) is 5.34. The molecule has 2 atom stereocenters. The van der Waals surface area contributed by atoms with Crippen LogP contribution in [0, 0.1) is 0 Å². The molecule has 1 aliphatic rings. The average molecular weight is 410 g/mol. The summed E-state index contributed by atoms with van der Waals surface area (Å²) in [7, 11) is 2.19. The van der Waals surface area contributed by atoms with Crippen LogP contribution >= 0.6 is 12.4 Å². The highest BCUT2D eigenvalue weighted by molar-refractivity contribution is 5.85. The summed E-state index contributed by atoms with van der Waals surface area (Å²) in [5.74, 6) is 2.15. The summed E-state index contributed by atoms with van der Waals surface area (Å²) in [6, 6.07) is 28.9. The maximum absolute atomic E-state index is 6.41. The molecule has 0 bridgehead atoms. The van der Waals surface area contributed by atoms with Gasteiger partial charge in [-0.25, -0.2) is 0 Å². The van der Waals surface area contributed by atoms with E-state index in [0.29, 0.717) is 12.5 Å². The maximum Gasteiger partial charge on any atom is 0.120 e. The topological polar surface area (TPSA) is 21.7 Å². The number of likely N-dealkylation sites (tertiary alicyclic amines) is 1. The molecule has 1 heterocycles. The predicted octanol–water partition coefficient (Wildman–Crippen LogP) is 5.55. The van der Waals surface area contributed by atoms with E-state index in [0.717, 1.165) is 31.0 Å².